The van der Waals surface area contributed by atoms with Crippen LogP contribution in [-0.4, -0.2) is 15.0 Å². The van der Waals surface area contributed by atoms with E-state index in [9.17, 15) is 0 Å². The highest BCUT2D eigenvalue weighted by Crippen LogP contribution is 2.43. The van der Waals surface area contributed by atoms with Gasteiger partial charge in [-0.1, -0.05) is 71.9 Å². The zero-order valence-corrected chi connectivity index (χ0v) is 27.1. The number of benzene rings is 3. The molecule has 8 aromatic rings. The van der Waals surface area contributed by atoms with Crippen LogP contribution < -0.4 is 4.74 Å². The number of ether oxygens (including phenoxy) is 1. The molecular formula is C40H35N3O3. The van der Waals surface area contributed by atoms with Gasteiger partial charge in [0.1, 0.15) is 22.3 Å². The Morgan fingerprint density at radius 1 is 0.609 bits per heavy atom. The van der Waals surface area contributed by atoms with E-state index in [1.165, 1.54) is 5.56 Å². The van der Waals surface area contributed by atoms with E-state index in [0.29, 0.717) is 22.9 Å². The Morgan fingerprint density at radius 2 is 1.30 bits per heavy atom. The maximum Gasteiger partial charge on any atom is 0.222 e. The first-order chi connectivity index (χ1) is 21.9. The molecule has 6 nitrogen and oxygen atoms in total. The first-order valence-electron chi connectivity index (χ1n) is 15.7. The molecule has 0 bridgehead atoms. The summed E-state index contributed by atoms with van der Waals surface area (Å²) < 4.78 is 19.6. The fraction of sp³-hybridized carbons (Fsp3) is 0.225. The van der Waals surface area contributed by atoms with E-state index in [2.05, 4.69) is 77.9 Å². The molecule has 228 valence electrons. The van der Waals surface area contributed by atoms with Crippen molar-refractivity contribution in [2.45, 2.75) is 59.3 Å². The van der Waals surface area contributed by atoms with Gasteiger partial charge in [0, 0.05) is 34.5 Å². The second-order valence-corrected chi connectivity index (χ2v) is 14.2. The molecule has 0 aliphatic carbocycles. The van der Waals surface area contributed by atoms with Crippen LogP contribution in [0.5, 0.6) is 11.8 Å². The summed E-state index contributed by atoms with van der Waals surface area (Å²) in [5.41, 5.74) is 8.38. The van der Waals surface area contributed by atoms with E-state index < -0.39 is 0 Å². The maximum atomic E-state index is 6.62. The lowest BCUT2D eigenvalue weighted by molar-refractivity contribution is 0.443. The predicted molar refractivity (Wildman–Crippen MR) is 186 cm³/mol. The number of rotatable bonds is 3. The number of hydrogen-bond acceptors (Lipinski definition) is 6. The van der Waals surface area contributed by atoms with Gasteiger partial charge in [-0.15, -0.1) is 0 Å². The summed E-state index contributed by atoms with van der Waals surface area (Å²) in [6, 6.07) is 26.6. The zero-order valence-electron chi connectivity index (χ0n) is 27.1. The molecule has 0 radical (unpaired) electrons. The highest BCUT2D eigenvalue weighted by molar-refractivity contribution is 6.29. The monoisotopic (exact) mass is 605 g/mol. The summed E-state index contributed by atoms with van der Waals surface area (Å²) in [5.74, 6) is 0.900. The molecule has 0 aliphatic rings. The van der Waals surface area contributed by atoms with Gasteiger partial charge in [0.15, 0.2) is 5.58 Å². The van der Waals surface area contributed by atoms with Gasteiger partial charge in [-0.3, -0.25) is 4.98 Å². The number of aryl methyl sites for hydroxylation is 1. The van der Waals surface area contributed by atoms with E-state index >= 15 is 0 Å². The molecule has 6 heteroatoms. The van der Waals surface area contributed by atoms with Crippen molar-refractivity contribution in [2.24, 2.45) is 0 Å². The highest BCUT2D eigenvalue weighted by Gasteiger charge is 2.23. The van der Waals surface area contributed by atoms with Crippen LogP contribution in [0.2, 0.25) is 0 Å². The predicted octanol–water partition coefficient (Wildman–Crippen LogP) is 11.2. The van der Waals surface area contributed by atoms with E-state index in [0.717, 1.165) is 66.2 Å². The number of fused-ring (bicyclic) bond motifs is 4. The van der Waals surface area contributed by atoms with Gasteiger partial charge in [-0.2, -0.15) is 0 Å². The average molecular weight is 606 g/mol. The molecule has 0 atom stereocenters. The van der Waals surface area contributed by atoms with Crippen LogP contribution in [0, 0.1) is 6.92 Å². The van der Waals surface area contributed by atoms with Gasteiger partial charge in [0.25, 0.3) is 0 Å². The smallest absolute Gasteiger partial charge is 0.222 e. The summed E-state index contributed by atoms with van der Waals surface area (Å²) in [6.07, 6.45) is 1.86. The van der Waals surface area contributed by atoms with Crippen molar-refractivity contribution in [3.05, 3.63) is 102 Å². The average Bonchev–Trinajstić information content (AvgIpc) is 3.35. The van der Waals surface area contributed by atoms with E-state index in [1.807, 2.05) is 55.6 Å². The van der Waals surface area contributed by atoms with Crippen LogP contribution in [0.3, 0.4) is 0 Å². The molecule has 0 N–H and O–H groups in total. The molecule has 0 fully saturated rings. The Labute approximate surface area is 267 Å². The molecule has 5 aromatic heterocycles. The lowest BCUT2D eigenvalue weighted by Gasteiger charge is -2.22. The standard InChI is InChI=1S/C40H35N3O3/c1-22-17-32(46-33-21-25(40(5,6)7)20-29(42-33)28-19-24(15-16-41-28)39(2,3)4)43-36-27-18-23-11-8-9-12-26(23)38-34(27)35-30(44-37(22)36)13-10-14-31(35)45-38/h8-21H,1-7H3. The Bertz CT molecular complexity index is 2490. The number of aromatic nitrogens is 3. The van der Waals surface area contributed by atoms with Crippen molar-refractivity contribution in [1.29, 1.82) is 0 Å². The second kappa shape index (κ2) is 9.88. The molecule has 0 aliphatic heterocycles. The maximum absolute atomic E-state index is 6.62. The van der Waals surface area contributed by atoms with Gasteiger partial charge < -0.3 is 13.6 Å². The SMILES string of the molecule is Cc1cc(Oc2cc(C(C)(C)C)cc(-c3cc(C(C)(C)C)ccn3)n2)nc2c1oc1cccc3oc4c5ccccc5cc2c4c13. The minimum Gasteiger partial charge on any atom is -0.455 e. The topological polar surface area (TPSA) is 74.2 Å². The van der Waals surface area contributed by atoms with Gasteiger partial charge >= 0.3 is 0 Å². The van der Waals surface area contributed by atoms with Gasteiger partial charge in [0.05, 0.1) is 16.8 Å². The molecule has 46 heavy (non-hydrogen) atoms. The lowest BCUT2D eigenvalue weighted by atomic mass is 9.86. The van der Waals surface area contributed by atoms with Crippen molar-refractivity contribution in [3.63, 3.8) is 0 Å². The highest BCUT2D eigenvalue weighted by atomic mass is 16.5. The number of nitrogens with zero attached hydrogens (tertiary/aromatic N) is 3. The molecule has 5 heterocycles. The Morgan fingerprint density at radius 3 is 2.07 bits per heavy atom. The van der Waals surface area contributed by atoms with Crippen LogP contribution in [0.4, 0.5) is 0 Å². The third-order valence-electron chi connectivity index (χ3n) is 8.82. The van der Waals surface area contributed by atoms with Crippen molar-refractivity contribution in [2.75, 3.05) is 0 Å². The zero-order chi connectivity index (χ0) is 32.0. The number of pyridine rings is 3. The summed E-state index contributed by atoms with van der Waals surface area (Å²) in [5, 5.41) is 5.01. The molecule has 0 unspecified atom stereocenters. The fourth-order valence-corrected chi connectivity index (χ4v) is 6.26. The minimum atomic E-state index is -0.141. The van der Waals surface area contributed by atoms with Crippen LogP contribution >= 0.6 is 0 Å². The first-order valence-corrected chi connectivity index (χ1v) is 15.7. The molecule has 0 saturated carbocycles. The van der Waals surface area contributed by atoms with Crippen molar-refractivity contribution < 1.29 is 13.6 Å². The van der Waals surface area contributed by atoms with Crippen molar-refractivity contribution in [1.82, 2.24) is 15.0 Å². The van der Waals surface area contributed by atoms with Crippen molar-refractivity contribution in [3.8, 4) is 23.1 Å². The Kier molecular flexibility index (Phi) is 6.07. The van der Waals surface area contributed by atoms with E-state index in [1.54, 1.807) is 0 Å². The normalized spacial score (nSPS) is 12.7. The molecule has 8 rings (SSSR count). The van der Waals surface area contributed by atoms with Crippen LogP contribution in [0.1, 0.15) is 58.2 Å². The third-order valence-corrected chi connectivity index (χ3v) is 8.82. The molecule has 3 aromatic carbocycles. The molecule has 0 saturated heterocycles. The lowest BCUT2D eigenvalue weighted by Crippen LogP contribution is -2.13. The second-order valence-electron chi connectivity index (χ2n) is 14.2. The van der Waals surface area contributed by atoms with Crippen LogP contribution in [0.25, 0.3) is 66.2 Å². The molecule has 0 spiro atoms. The van der Waals surface area contributed by atoms with Gasteiger partial charge in [-0.05, 0) is 76.2 Å². The minimum absolute atomic E-state index is 0.0155. The Hall–Kier alpha value is -5.23. The van der Waals surface area contributed by atoms with Gasteiger partial charge in [0.2, 0.25) is 11.8 Å². The number of furan rings is 1. The summed E-state index contributed by atoms with van der Waals surface area (Å²) in [4.78, 5) is 14.8. The van der Waals surface area contributed by atoms with E-state index in [4.69, 9.17) is 28.5 Å². The Balaban J connectivity index is 1.35. The van der Waals surface area contributed by atoms with Crippen molar-refractivity contribution >= 4 is 54.8 Å². The molecule has 0 amide bonds. The largest absolute Gasteiger partial charge is 0.455 e. The quantitative estimate of drug-likeness (QED) is 0.199. The summed E-state index contributed by atoms with van der Waals surface area (Å²) in [7, 11) is 0. The van der Waals surface area contributed by atoms with Crippen LogP contribution in [0.15, 0.2) is 93.9 Å². The number of hydrogen-bond donors (Lipinski definition) is 0. The van der Waals surface area contributed by atoms with E-state index in [-0.39, 0.29) is 10.8 Å². The van der Waals surface area contributed by atoms with Crippen LogP contribution in [-0.2, 0) is 10.8 Å². The summed E-state index contributed by atoms with van der Waals surface area (Å²) in [6.45, 7) is 15.2. The molecular weight excluding hydrogens is 570 g/mol. The first kappa shape index (κ1) is 28.3. The van der Waals surface area contributed by atoms with Gasteiger partial charge in [-0.25, -0.2) is 9.97 Å². The summed E-state index contributed by atoms with van der Waals surface area (Å²) >= 11 is 0. The fourth-order valence-electron chi connectivity index (χ4n) is 6.26. The third kappa shape index (κ3) is 4.59.